The molecule has 1 spiro atoms. The molecule has 290 valence electrons. The maximum atomic E-state index is 2.52. The highest BCUT2D eigenvalue weighted by molar-refractivity contribution is 7.22. The van der Waals surface area contributed by atoms with Gasteiger partial charge in [0.1, 0.15) is 0 Å². The second-order valence-electron chi connectivity index (χ2n) is 16.4. The maximum Gasteiger partial charge on any atom is 0.0741 e. The Morgan fingerprint density at radius 2 is 0.790 bits per heavy atom. The zero-order valence-electron chi connectivity index (χ0n) is 33.7. The lowest BCUT2D eigenvalue weighted by Gasteiger charge is -2.33. The van der Waals surface area contributed by atoms with Crippen LogP contribution in [-0.2, 0) is 5.41 Å². The van der Waals surface area contributed by atoms with Crippen molar-refractivity contribution >= 4 is 77.1 Å². The Morgan fingerprint density at radius 3 is 1.42 bits per heavy atom. The van der Waals surface area contributed by atoms with E-state index in [4.69, 9.17) is 0 Å². The first-order chi connectivity index (χ1) is 30.8. The summed E-state index contributed by atoms with van der Waals surface area (Å²) < 4.78 is 1.32. The average Bonchev–Trinajstić information content (AvgIpc) is 3.96. The van der Waals surface area contributed by atoms with Crippen molar-refractivity contribution in [2.75, 3.05) is 9.80 Å². The van der Waals surface area contributed by atoms with Crippen molar-refractivity contribution in [1.29, 1.82) is 0 Å². The molecule has 3 heteroatoms. The summed E-state index contributed by atoms with van der Waals surface area (Å²) in [6.07, 6.45) is 0. The van der Waals surface area contributed by atoms with E-state index in [0.717, 1.165) is 34.1 Å². The third kappa shape index (κ3) is 4.97. The van der Waals surface area contributed by atoms with Crippen molar-refractivity contribution in [2.24, 2.45) is 0 Å². The molecule has 0 N–H and O–H groups in total. The number of thiophene rings is 1. The Bertz CT molecular complexity index is 3540. The fourth-order valence-corrected chi connectivity index (χ4v) is 12.0. The minimum absolute atomic E-state index is 0.579. The van der Waals surface area contributed by atoms with Gasteiger partial charge in [0.05, 0.1) is 16.8 Å². The van der Waals surface area contributed by atoms with Gasteiger partial charge in [-0.2, -0.15) is 0 Å². The third-order valence-corrected chi connectivity index (χ3v) is 14.4. The zero-order chi connectivity index (χ0) is 40.8. The first kappa shape index (κ1) is 35.1. The number of nitrogens with zero attached hydrogens (tertiary/aromatic N) is 2. The Labute approximate surface area is 364 Å². The molecule has 2 aliphatic rings. The molecule has 0 saturated carbocycles. The summed E-state index contributed by atoms with van der Waals surface area (Å²) in [6.45, 7) is 0. The van der Waals surface area contributed by atoms with Crippen molar-refractivity contribution in [3.05, 3.63) is 253 Å². The van der Waals surface area contributed by atoms with E-state index in [1.807, 2.05) is 11.3 Å². The van der Waals surface area contributed by atoms with E-state index >= 15 is 0 Å². The molecule has 0 aliphatic heterocycles. The molecule has 1 aromatic heterocycles. The predicted molar refractivity (Wildman–Crippen MR) is 263 cm³/mol. The molecule has 10 aromatic carbocycles. The number of benzene rings is 10. The summed E-state index contributed by atoms with van der Waals surface area (Å²) in [5.74, 6) is 0. The lowest BCUT2D eigenvalue weighted by Crippen LogP contribution is -2.26. The van der Waals surface area contributed by atoms with Gasteiger partial charge in [-0.1, -0.05) is 164 Å². The molecule has 1 unspecified atom stereocenters. The van der Waals surface area contributed by atoms with Crippen LogP contribution in [0.5, 0.6) is 0 Å². The molecule has 1 atom stereocenters. The Morgan fingerprint density at radius 1 is 0.323 bits per heavy atom. The summed E-state index contributed by atoms with van der Waals surface area (Å²) in [4.78, 5) is 6.26. The van der Waals surface area contributed by atoms with Crippen LogP contribution in [0.4, 0.5) is 34.1 Å². The van der Waals surface area contributed by atoms with Gasteiger partial charge in [-0.3, -0.25) is 0 Å². The molecule has 2 nitrogen and oxygen atoms in total. The standard InChI is InChI=1S/C59H38N2S/c1-3-21-41(22-4-1)60(54-30-15-19-39-17-7-9-25-45(39)54)43-33-35-48-47-27-11-13-29-51(47)59(52(48)37-43)53-38-44(34-36-49(53)58-57(59)50-28-12-14-32-56(50)62-58)61(42-23-5-2-6-24-42)55-31-16-20-40-18-8-10-26-46(40)55/h1-38H. The number of rotatable bonds is 6. The summed E-state index contributed by atoms with van der Waals surface area (Å²) in [7, 11) is 0. The molecule has 13 rings (SSSR count). The molecule has 2 aliphatic carbocycles. The van der Waals surface area contributed by atoms with Crippen molar-refractivity contribution in [3.63, 3.8) is 0 Å². The molecular weight excluding hydrogens is 769 g/mol. The zero-order valence-corrected chi connectivity index (χ0v) is 34.6. The van der Waals surface area contributed by atoms with E-state index in [-0.39, 0.29) is 0 Å². The van der Waals surface area contributed by atoms with Crippen LogP contribution in [0.1, 0.15) is 22.3 Å². The molecule has 0 bridgehead atoms. The average molecular weight is 807 g/mol. The Balaban J connectivity index is 1.12. The topological polar surface area (TPSA) is 6.48 Å². The highest BCUT2D eigenvalue weighted by Gasteiger charge is 2.54. The van der Waals surface area contributed by atoms with Gasteiger partial charge in [0, 0.05) is 43.1 Å². The van der Waals surface area contributed by atoms with Crippen molar-refractivity contribution in [2.45, 2.75) is 5.41 Å². The van der Waals surface area contributed by atoms with Gasteiger partial charge < -0.3 is 9.80 Å². The van der Waals surface area contributed by atoms with Gasteiger partial charge in [-0.15, -0.1) is 11.3 Å². The van der Waals surface area contributed by atoms with Gasteiger partial charge >= 0.3 is 0 Å². The van der Waals surface area contributed by atoms with Crippen LogP contribution >= 0.6 is 11.3 Å². The van der Waals surface area contributed by atoms with Crippen LogP contribution < -0.4 is 9.80 Å². The fraction of sp³-hybridized carbons (Fsp3) is 0.0169. The van der Waals surface area contributed by atoms with Gasteiger partial charge in [0.25, 0.3) is 0 Å². The molecule has 0 amide bonds. The van der Waals surface area contributed by atoms with Crippen molar-refractivity contribution < 1.29 is 0 Å². The fourth-order valence-electron chi connectivity index (χ4n) is 10.7. The molecule has 0 fully saturated rings. The Kier molecular flexibility index (Phi) is 7.72. The van der Waals surface area contributed by atoms with E-state index in [2.05, 4.69) is 240 Å². The molecule has 62 heavy (non-hydrogen) atoms. The van der Waals surface area contributed by atoms with Crippen molar-refractivity contribution in [1.82, 2.24) is 0 Å². The number of hydrogen-bond donors (Lipinski definition) is 0. The molecule has 11 aromatic rings. The van der Waals surface area contributed by atoms with Crippen LogP contribution in [0.2, 0.25) is 0 Å². The second-order valence-corrected chi connectivity index (χ2v) is 17.4. The molecule has 0 radical (unpaired) electrons. The van der Waals surface area contributed by atoms with Crippen molar-refractivity contribution in [3.8, 4) is 21.6 Å². The number of fused-ring (bicyclic) bond motifs is 14. The Hall–Kier alpha value is -7.72. The first-order valence-electron chi connectivity index (χ1n) is 21.3. The number of para-hydroxylation sites is 2. The van der Waals surface area contributed by atoms with Gasteiger partial charge in [-0.05, 0) is 122 Å². The summed E-state index contributed by atoms with van der Waals surface area (Å²) in [5.41, 5.74) is 15.5. The smallest absolute Gasteiger partial charge is 0.0741 e. The molecule has 0 saturated heterocycles. The number of hydrogen-bond acceptors (Lipinski definition) is 3. The third-order valence-electron chi connectivity index (χ3n) is 13.2. The highest BCUT2D eigenvalue weighted by Crippen LogP contribution is 2.67. The van der Waals surface area contributed by atoms with Crippen LogP contribution in [0, 0.1) is 0 Å². The number of anilines is 6. The normalized spacial score (nSPS) is 14.5. The predicted octanol–water partition coefficient (Wildman–Crippen LogP) is 16.5. The van der Waals surface area contributed by atoms with Gasteiger partial charge in [0.2, 0.25) is 0 Å². The van der Waals surface area contributed by atoms with E-state index < -0.39 is 5.41 Å². The lowest BCUT2D eigenvalue weighted by atomic mass is 9.70. The maximum absolute atomic E-state index is 2.52. The first-order valence-corrected chi connectivity index (χ1v) is 22.2. The van der Waals surface area contributed by atoms with E-state index in [9.17, 15) is 0 Å². The SMILES string of the molecule is c1ccc(N(c2ccc3c(c2)C2(c4ccccc4-3)c3cc(N(c4ccccc4)c4cccc5ccccc45)ccc3-c3sc4ccccc4c32)c2cccc3ccccc23)cc1. The minimum atomic E-state index is -0.579. The summed E-state index contributed by atoms with van der Waals surface area (Å²) >= 11 is 1.93. The molecule has 1 heterocycles. The highest BCUT2D eigenvalue weighted by atomic mass is 32.1. The summed E-state index contributed by atoms with van der Waals surface area (Å²) in [6, 6.07) is 85.2. The van der Waals surface area contributed by atoms with E-state index in [1.165, 1.54) is 75.5 Å². The lowest BCUT2D eigenvalue weighted by molar-refractivity contribution is 0.802. The van der Waals surface area contributed by atoms with Crippen LogP contribution in [0.15, 0.2) is 231 Å². The van der Waals surface area contributed by atoms with Gasteiger partial charge in [-0.25, -0.2) is 0 Å². The van der Waals surface area contributed by atoms with Crippen LogP contribution in [0.25, 0.3) is 53.2 Å². The summed E-state index contributed by atoms with van der Waals surface area (Å²) in [5, 5.41) is 6.19. The van der Waals surface area contributed by atoms with Crippen LogP contribution in [-0.4, -0.2) is 0 Å². The monoisotopic (exact) mass is 806 g/mol. The minimum Gasteiger partial charge on any atom is -0.310 e. The quantitative estimate of drug-likeness (QED) is 0.165. The van der Waals surface area contributed by atoms with E-state index in [1.54, 1.807) is 0 Å². The van der Waals surface area contributed by atoms with Crippen LogP contribution in [0.3, 0.4) is 0 Å². The largest absolute Gasteiger partial charge is 0.310 e. The van der Waals surface area contributed by atoms with E-state index in [0.29, 0.717) is 0 Å². The second kappa shape index (κ2) is 13.7. The van der Waals surface area contributed by atoms with Gasteiger partial charge in [0.15, 0.2) is 0 Å². The molecular formula is C59H38N2S.